The van der Waals surface area contributed by atoms with Crippen LogP contribution < -0.4 is 5.43 Å². The van der Waals surface area contributed by atoms with Gasteiger partial charge in [-0.2, -0.15) is 5.10 Å². The number of anilines is 1. The van der Waals surface area contributed by atoms with E-state index in [4.69, 9.17) is 5.10 Å². The molecule has 0 spiro atoms. The summed E-state index contributed by atoms with van der Waals surface area (Å²) in [5.41, 5.74) is 5.64. The maximum atomic E-state index is 11.7. The summed E-state index contributed by atoms with van der Waals surface area (Å²) >= 11 is 0. The van der Waals surface area contributed by atoms with Crippen molar-refractivity contribution in [3.8, 4) is 0 Å². The molecule has 1 N–H and O–H groups in total. The Bertz CT molecular complexity index is 1410. The van der Waals surface area contributed by atoms with Gasteiger partial charge in [0.05, 0.1) is 15.9 Å². The lowest BCUT2D eigenvalue weighted by Crippen LogP contribution is -2.67. The summed E-state index contributed by atoms with van der Waals surface area (Å²) in [5, 5.41) is 27.6. The first-order valence-corrected chi connectivity index (χ1v) is 17.2. The molecule has 8 nitrogen and oxygen atoms in total. The van der Waals surface area contributed by atoms with Gasteiger partial charge in [-0.15, -0.1) is 0 Å². The molecule has 0 bridgehead atoms. The van der Waals surface area contributed by atoms with E-state index in [0.717, 1.165) is 36.5 Å². The smallest absolute Gasteiger partial charge is 0.272 e. The molecular weight excluding hydrogens is 552 g/mol. The van der Waals surface area contributed by atoms with Gasteiger partial charge in [-0.3, -0.25) is 25.7 Å². The van der Waals surface area contributed by atoms with Crippen LogP contribution in [0.25, 0.3) is 0 Å². The van der Waals surface area contributed by atoms with Gasteiger partial charge in [-0.1, -0.05) is 55.4 Å². The van der Waals surface area contributed by atoms with E-state index in [9.17, 15) is 20.2 Å². The van der Waals surface area contributed by atoms with E-state index in [0.29, 0.717) is 33.0 Å². The number of nitro benzene ring substituents is 2. The SMILES string of the molecule is C[C@H]1/C(=N/Nc2ccc([N+](=O)[O-])cc2[N+](=O)[O-])CC[C@@H]2[C@]1(C)CC[C@@H]1[C@]2(C)CC[C@@]2(C)[C@H]3CC(C)(C)CC[C@]3(C)CC[C@]12C. The average Bonchev–Trinajstić information content (AvgIpc) is 2.95. The van der Waals surface area contributed by atoms with Crippen molar-refractivity contribution in [1.82, 2.24) is 0 Å². The Hall–Kier alpha value is -2.51. The lowest BCUT2D eigenvalue weighted by molar-refractivity contribution is -0.393. The number of fused-ring (bicyclic) bond motifs is 7. The van der Waals surface area contributed by atoms with Gasteiger partial charge in [0.2, 0.25) is 0 Å². The van der Waals surface area contributed by atoms with Crippen molar-refractivity contribution < 1.29 is 9.85 Å². The van der Waals surface area contributed by atoms with Crippen molar-refractivity contribution in [2.24, 2.45) is 61.3 Å². The van der Waals surface area contributed by atoms with Crippen LogP contribution in [0, 0.1) is 76.4 Å². The fraction of sp³-hybridized carbons (Fsp3) is 0.806. The Morgan fingerprint density at radius 3 is 2.11 bits per heavy atom. The van der Waals surface area contributed by atoms with Crippen LogP contribution in [0.2, 0.25) is 0 Å². The van der Waals surface area contributed by atoms with E-state index < -0.39 is 9.85 Å². The number of benzene rings is 1. The maximum Gasteiger partial charge on any atom is 0.301 e. The van der Waals surface area contributed by atoms with E-state index in [1.807, 2.05) is 0 Å². The van der Waals surface area contributed by atoms with E-state index in [1.165, 1.54) is 69.9 Å². The van der Waals surface area contributed by atoms with Crippen molar-refractivity contribution in [3.63, 3.8) is 0 Å². The van der Waals surface area contributed by atoms with Gasteiger partial charge in [0.15, 0.2) is 0 Å². The molecule has 0 saturated heterocycles. The summed E-state index contributed by atoms with van der Waals surface area (Å²) in [6.07, 6.45) is 13.9. The first kappa shape index (κ1) is 31.5. The third-order valence-electron chi connectivity index (χ3n) is 15.5. The van der Waals surface area contributed by atoms with E-state index in [1.54, 1.807) is 0 Å². The third kappa shape index (κ3) is 4.39. The molecule has 0 amide bonds. The zero-order valence-electron chi connectivity index (χ0n) is 28.3. The summed E-state index contributed by atoms with van der Waals surface area (Å²) < 4.78 is 0. The molecule has 5 saturated carbocycles. The van der Waals surface area contributed by atoms with Crippen molar-refractivity contribution in [2.45, 2.75) is 126 Å². The van der Waals surface area contributed by atoms with Gasteiger partial charge in [-0.25, -0.2) is 0 Å². The molecular formula is C36H54N4O4. The van der Waals surface area contributed by atoms with Crippen LogP contribution in [-0.4, -0.2) is 15.6 Å². The van der Waals surface area contributed by atoms with Crippen LogP contribution in [0.1, 0.15) is 126 Å². The van der Waals surface area contributed by atoms with Gasteiger partial charge >= 0.3 is 5.69 Å². The zero-order chi connectivity index (χ0) is 32.1. The highest BCUT2D eigenvalue weighted by molar-refractivity contribution is 5.89. The molecule has 0 heterocycles. The highest BCUT2D eigenvalue weighted by Gasteiger charge is 2.70. The number of nitrogens with zero attached hydrogens (tertiary/aromatic N) is 3. The lowest BCUT2D eigenvalue weighted by Gasteiger charge is -2.75. The van der Waals surface area contributed by atoms with Crippen LogP contribution >= 0.6 is 0 Å². The fourth-order valence-electron chi connectivity index (χ4n) is 12.4. The Morgan fingerprint density at radius 1 is 0.773 bits per heavy atom. The number of non-ortho nitro benzene ring substituents is 1. The van der Waals surface area contributed by atoms with Crippen molar-refractivity contribution >= 4 is 22.8 Å². The summed E-state index contributed by atoms with van der Waals surface area (Å²) in [6.45, 7) is 20.5. The first-order chi connectivity index (χ1) is 20.4. The quantitative estimate of drug-likeness (QED) is 0.271. The van der Waals surface area contributed by atoms with Crippen molar-refractivity contribution in [2.75, 3.05) is 5.43 Å². The first-order valence-electron chi connectivity index (χ1n) is 17.2. The molecule has 0 aliphatic heterocycles. The van der Waals surface area contributed by atoms with Crippen LogP contribution in [-0.2, 0) is 0 Å². The van der Waals surface area contributed by atoms with Gasteiger partial charge in [-0.05, 0) is 127 Å². The lowest BCUT2D eigenvalue weighted by atomic mass is 9.30. The Kier molecular flexibility index (Phi) is 7.15. The molecule has 0 radical (unpaired) electrons. The number of nitro groups is 2. The predicted octanol–water partition coefficient (Wildman–Crippen LogP) is 10.2. The largest absolute Gasteiger partial charge is 0.301 e. The Morgan fingerprint density at radius 2 is 1.43 bits per heavy atom. The van der Waals surface area contributed by atoms with Gasteiger partial charge in [0.25, 0.3) is 5.69 Å². The van der Waals surface area contributed by atoms with Crippen molar-refractivity contribution in [3.05, 3.63) is 38.4 Å². The summed E-state index contributed by atoms with van der Waals surface area (Å²) in [6, 6.07) is 3.69. The number of hydrogen-bond donors (Lipinski definition) is 1. The molecule has 5 aliphatic rings. The zero-order valence-corrected chi connectivity index (χ0v) is 28.3. The maximum absolute atomic E-state index is 11.7. The average molecular weight is 607 g/mol. The number of hydrazone groups is 1. The minimum absolute atomic E-state index is 0.117. The molecule has 5 fully saturated rings. The predicted molar refractivity (Wildman–Crippen MR) is 176 cm³/mol. The molecule has 1 aromatic carbocycles. The second-order valence-corrected chi connectivity index (χ2v) is 17.8. The highest BCUT2D eigenvalue weighted by Crippen LogP contribution is 2.78. The molecule has 1 aromatic rings. The standard InChI is InChI=1S/C36H54N4O4/c1-23-25(37-38-26-10-9-24(39(41)42)21-27(26)40(43)44)11-12-28-33(23,5)14-13-29-34(28,6)18-20-36(8)30-22-31(2,3)15-16-32(30,4)17-19-35(29,36)7/h9-10,21,23,28-30,38H,11-20,22H2,1-8H3/b37-25+/t23-,28+,29+,30-,32+,33+,34+,35+,36-/m0/s1. The number of rotatable bonds is 4. The molecule has 44 heavy (non-hydrogen) atoms. The molecule has 5 aliphatic carbocycles. The van der Waals surface area contributed by atoms with Crippen molar-refractivity contribution in [1.29, 1.82) is 0 Å². The van der Waals surface area contributed by atoms with E-state index in [2.05, 4.69) is 60.8 Å². The molecule has 9 atom stereocenters. The second-order valence-electron chi connectivity index (χ2n) is 17.8. The summed E-state index contributed by atoms with van der Waals surface area (Å²) in [4.78, 5) is 21.7. The Labute approximate surface area is 263 Å². The number of nitrogens with one attached hydrogen (secondary N) is 1. The van der Waals surface area contributed by atoms with Crippen LogP contribution in [0.3, 0.4) is 0 Å². The minimum Gasteiger partial charge on any atom is -0.272 e. The highest BCUT2D eigenvalue weighted by atomic mass is 16.6. The van der Waals surface area contributed by atoms with Crippen LogP contribution in [0.4, 0.5) is 17.1 Å². The van der Waals surface area contributed by atoms with Gasteiger partial charge < -0.3 is 0 Å². The molecule has 8 heteroatoms. The summed E-state index contributed by atoms with van der Waals surface area (Å²) in [7, 11) is 0. The second kappa shape index (κ2) is 9.99. The molecule has 0 unspecified atom stereocenters. The number of hydrogen-bond acceptors (Lipinski definition) is 6. The fourth-order valence-corrected chi connectivity index (χ4v) is 12.4. The van der Waals surface area contributed by atoms with Gasteiger partial charge in [0.1, 0.15) is 5.69 Å². The minimum atomic E-state index is -0.611. The summed E-state index contributed by atoms with van der Waals surface area (Å²) in [5.74, 6) is 2.40. The van der Waals surface area contributed by atoms with E-state index in [-0.39, 0.29) is 28.4 Å². The molecule has 6 rings (SSSR count). The topological polar surface area (TPSA) is 111 Å². The van der Waals surface area contributed by atoms with Crippen LogP contribution in [0.5, 0.6) is 0 Å². The van der Waals surface area contributed by atoms with E-state index >= 15 is 0 Å². The normalized spacial score (nSPS) is 45.3. The van der Waals surface area contributed by atoms with Crippen LogP contribution in [0.15, 0.2) is 23.3 Å². The molecule has 242 valence electrons. The Balaban J connectivity index is 1.27. The third-order valence-corrected chi connectivity index (χ3v) is 15.5. The monoisotopic (exact) mass is 606 g/mol. The molecule has 0 aromatic heterocycles. The van der Waals surface area contributed by atoms with Gasteiger partial charge in [0, 0.05) is 17.7 Å².